The molecular weight excluding hydrogens is 196 g/mol. The van der Waals surface area contributed by atoms with Crippen molar-refractivity contribution in [3.63, 3.8) is 0 Å². The van der Waals surface area contributed by atoms with Gasteiger partial charge in [0.15, 0.2) is 0 Å². The number of hydrogen-bond acceptors (Lipinski definition) is 2. The Morgan fingerprint density at radius 2 is 1.50 bits per heavy atom. The van der Waals surface area contributed by atoms with E-state index in [1.165, 1.54) is 12.8 Å². The van der Waals surface area contributed by atoms with Gasteiger partial charge in [-0.3, -0.25) is 4.90 Å². The maximum atomic E-state index is 8.90. The minimum Gasteiger partial charge on any atom is -0.296 e. The average molecular weight is 224 g/mol. The lowest BCUT2D eigenvalue weighted by Crippen LogP contribution is -2.44. The van der Waals surface area contributed by atoms with Crippen LogP contribution in [0.3, 0.4) is 0 Å². The van der Waals surface area contributed by atoms with E-state index in [4.69, 9.17) is 5.26 Å². The van der Waals surface area contributed by atoms with E-state index in [0.717, 1.165) is 13.0 Å². The molecule has 16 heavy (non-hydrogen) atoms. The lowest BCUT2D eigenvalue weighted by molar-refractivity contribution is 0.108. The van der Waals surface area contributed by atoms with Crippen LogP contribution in [0.5, 0.6) is 0 Å². The molecule has 0 fully saturated rings. The molecule has 1 unspecified atom stereocenters. The van der Waals surface area contributed by atoms with E-state index in [-0.39, 0.29) is 0 Å². The summed E-state index contributed by atoms with van der Waals surface area (Å²) < 4.78 is 0. The second kappa shape index (κ2) is 8.58. The smallest absolute Gasteiger partial charge is 0.0638 e. The van der Waals surface area contributed by atoms with Gasteiger partial charge in [0, 0.05) is 18.6 Å². The lowest BCUT2D eigenvalue weighted by Gasteiger charge is -2.37. The highest BCUT2D eigenvalue weighted by Crippen LogP contribution is 2.19. The SMILES string of the molecule is CCC(CC)N(CC(C)C)C(CC)CC#N. The van der Waals surface area contributed by atoms with Crippen molar-refractivity contribution in [2.45, 2.75) is 72.4 Å². The van der Waals surface area contributed by atoms with Gasteiger partial charge in [-0.15, -0.1) is 0 Å². The third-order valence-electron chi connectivity index (χ3n) is 3.25. The zero-order valence-electron chi connectivity index (χ0n) is 11.7. The molecule has 1 atom stereocenters. The van der Waals surface area contributed by atoms with E-state index in [2.05, 4.69) is 45.6 Å². The predicted octanol–water partition coefficient (Wildman–Crippen LogP) is 3.83. The molecule has 0 aliphatic rings. The predicted molar refractivity (Wildman–Crippen MR) is 70.2 cm³/mol. The molecule has 0 rings (SSSR count). The standard InChI is InChI=1S/C14H28N2/c1-6-13(7-2)16(11-12(4)5)14(8-3)9-10-15/h12-14H,6-9,11H2,1-5H3. The second-order valence-electron chi connectivity index (χ2n) is 4.99. The summed E-state index contributed by atoms with van der Waals surface area (Å²) in [5, 5.41) is 8.90. The van der Waals surface area contributed by atoms with Gasteiger partial charge in [-0.05, 0) is 25.2 Å². The molecule has 94 valence electrons. The van der Waals surface area contributed by atoms with Crippen molar-refractivity contribution in [3.8, 4) is 6.07 Å². The van der Waals surface area contributed by atoms with Gasteiger partial charge in [-0.2, -0.15) is 5.26 Å². The van der Waals surface area contributed by atoms with Crippen molar-refractivity contribution in [3.05, 3.63) is 0 Å². The summed E-state index contributed by atoms with van der Waals surface area (Å²) in [6.07, 6.45) is 4.12. The first-order chi connectivity index (χ1) is 7.60. The van der Waals surface area contributed by atoms with Gasteiger partial charge < -0.3 is 0 Å². The molecule has 0 amide bonds. The fraction of sp³-hybridized carbons (Fsp3) is 0.929. The van der Waals surface area contributed by atoms with Crippen LogP contribution in [-0.4, -0.2) is 23.5 Å². The summed E-state index contributed by atoms with van der Waals surface area (Å²) in [6.45, 7) is 12.3. The molecule has 0 spiro atoms. The van der Waals surface area contributed by atoms with Crippen LogP contribution >= 0.6 is 0 Å². The Labute approximate surface area is 102 Å². The van der Waals surface area contributed by atoms with Crippen molar-refractivity contribution >= 4 is 0 Å². The van der Waals surface area contributed by atoms with Crippen LogP contribution < -0.4 is 0 Å². The van der Waals surface area contributed by atoms with Crippen LogP contribution in [0.2, 0.25) is 0 Å². The van der Waals surface area contributed by atoms with E-state index in [1.54, 1.807) is 0 Å². The van der Waals surface area contributed by atoms with Gasteiger partial charge in [0.2, 0.25) is 0 Å². The fourth-order valence-electron chi connectivity index (χ4n) is 2.38. The van der Waals surface area contributed by atoms with Gasteiger partial charge in [-0.25, -0.2) is 0 Å². The summed E-state index contributed by atoms with van der Waals surface area (Å²) in [5.74, 6) is 0.674. The summed E-state index contributed by atoms with van der Waals surface area (Å²) in [5.41, 5.74) is 0. The summed E-state index contributed by atoms with van der Waals surface area (Å²) >= 11 is 0. The third kappa shape index (κ3) is 4.99. The van der Waals surface area contributed by atoms with E-state index < -0.39 is 0 Å². The molecule has 0 aliphatic carbocycles. The molecular formula is C14H28N2. The van der Waals surface area contributed by atoms with Crippen LogP contribution in [-0.2, 0) is 0 Å². The van der Waals surface area contributed by atoms with Crippen molar-refractivity contribution in [1.29, 1.82) is 5.26 Å². The zero-order chi connectivity index (χ0) is 12.6. The van der Waals surface area contributed by atoms with Gasteiger partial charge in [0.05, 0.1) is 12.5 Å². The Kier molecular flexibility index (Phi) is 8.29. The summed E-state index contributed by atoms with van der Waals surface area (Å²) in [7, 11) is 0. The molecule has 0 aliphatic heterocycles. The molecule has 0 bridgehead atoms. The maximum absolute atomic E-state index is 8.90. The Morgan fingerprint density at radius 3 is 1.81 bits per heavy atom. The Balaban J connectivity index is 4.67. The van der Waals surface area contributed by atoms with Crippen LogP contribution in [0.4, 0.5) is 0 Å². The minimum atomic E-state index is 0.442. The number of nitriles is 1. The van der Waals surface area contributed by atoms with Crippen molar-refractivity contribution in [2.75, 3.05) is 6.54 Å². The molecule has 0 aromatic rings. The first-order valence-electron chi connectivity index (χ1n) is 6.73. The molecule has 0 aromatic carbocycles. The van der Waals surface area contributed by atoms with Crippen molar-refractivity contribution in [2.24, 2.45) is 5.92 Å². The maximum Gasteiger partial charge on any atom is 0.0638 e. The number of hydrogen-bond donors (Lipinski definition) is 0. The molecule has 2 nitrogen and oxygen atoms in total. The zero-order valence-corrected chi connectivity index (χ0v) is 11.7. The van der Waals surface area contributed by atoms with Crippen LogP contribution in [0.1, 0.15) is 60.3 Å². The van der Waals surface area contributed by atoms with E-state index in [1.807, 2.05) is 0 Å². The molecule has 0 aromatic heterocycles. The average Bonchev–Trinajstić information content (AvgIpc) is 2.25. The summed E-state index contributed by atoms with van der Waals surface area (Å²) in [4.78, 5) is 2.56. The van der Waals surface area contributed by atoms with E-state index in [9.17, 15) is 0 Å². The first-order valence-corrected chi connectivity index (χ1v) is 6.73. The Hall–Kier alpha value is -0.550. The van der Waals surface area contributed by atoms with Crippen LogP contribution in [0.15, 0.2) is 0 Å². The quantitative estimate of drug-likeness (QED) is 0.626. The molecule has 0 heterocycles. The highest BCUT2D eigenvalue weighted by atomic mass is 15.2. The molecule has 0 N–H and O–H groups in total. The van der Waals surface area contributed by atoms with Gasteiger partial charge >= 0.3 is 0 Å². The lowest BCUT2D eigenvalue weighted by atomic mass is 10.0. The normalized spacial score (nSPS) is 13.4. The van der Waals surface area contributed by atoms with E-state index >= 15 is 0 Å². The second-order valence-corrected chi connectivity index (χ2v) is 4.99. The molecule has 0 saturated heterocycles. The highest BCUT2D eigenvalue weighted by molar-refractivity contribution is 4.85. The van der Waals surface area contributed by atoms with Crippen molar-refractivity contribution < 1.29 is 0 Å². The molecule has 0 radical (unpaired) electrons. The van der Waals surface area contributed by atoms with Gasteiger partial charge in [-0.1, -0.05) is 34.6 Å². The number of nitrogens with zero attached hydrogens (tertiary/aromatic N) is 2. The Morgan fingerprint density at radius 1 is 1.00 bits per heavy atom. The fourth-order valence-corrected chi connectivity index (χ4v) is 2.38. The molecule has 2 heteroatoms. The molecule has 0 saturated carbocycles. The Bertz CT molecular complexity index is 201. The monoisotopic (exact) mass is 224 g/mol. The highest BCUT2D eigenvalue weighted by Gasteiger charge is 2.23. The van der Waals surface area contributed by atoms with Crippen LogP contribution in [0, 0.1) is 17.2 Å². The van der Waals surface area contributed by atoms with Crippen molar-refractivity contribution in [1.82, 2.24) is 4.90 Å². The number of rotatable bonds is 8. The van der Waals surface area contributed by atoms with Gasteiger partial charge in [0.25, 0.3) is 0 Å². The van der Waals surface area contributed by atoms with E-state index in [0.29, 0.717) is 24.4 Å². The first kappa shape index (κ1) is 15.4. The summed E-state index contributed by atoms with van der Waals surface area (Å²) in [6, 6.07) is 3.42. The minimum absolute atomic E-state index is 0.442. The largest absolute Gasteiger partial charge is 0.296 e. The van der Waals surface area contributed by atoms with Gasteiger partial charge in [0.1, 0.15) is 0 Å². The third-order valence-corrected chi connectivity index (χ3v) is 3.25. The van der Waals surface area contributed by atoms with Crippen LogP contribution in [0.25, 0.3) is 0 Å². The topological polar surface area (TPSA) is 27.0 Å².